The van der Waals surface area contributed by atoms with E-state index in [1.165, 1.54) is 0 Å². The number of ether oxygens (including phenoxy) is 2. The number of carboxylic acids is 1. The van der Waals surface area contributed by atoms with Crippen molar-refractivity contribution in [1.29, 1.82) is 0 Å². The van der Waals surface area contributed by atoms with Crippen LogP contribution >= 0.6 is 11.6 Å². The fraction of sp³-hybridized carbons (Fsp3) is 0.286. The predicted molar refractivity (Wildman–Crippen MR) is 135 cm³/mol. The Hall–Kier alpha value is -3.55. The van der Waals surface area contributed by atoms with Crippen LogP contribution in [-0.4, -0.2) is 35.4 Å². The minimum Gasteiger partial charge on any atom is -0.482 e. The Labute approximate surface area is 215 Å². The number of nitrogens with zero attached hydrogens (tertiary/aromatic N) is 1. The topological polar surface area (TPSA) is 85.3 Å². The zero-order valence-corrected chi connectivity index (χ0v) is 21.2. The van der Waals surface area contributed by atoms with Crippen molar-refractivity contribution >= 4 is 23.7 Å². The Morgan fingerprint density at radius 2 is 1.75 bits per heavy atom. The molecule has 7 nitrogen and oxygen atoms in total. The normalized spacial score (nSPS) is 15.2. The van der Waals surface area contributed by atoms with Crippen LogP contribution in [0.5, 0.6) is 5.75 Å². The van der Waals surface area contributed by atoms with Gasteiger partial charge in [-0.2, -0.15) is 0 Å². The second kappa shape index (κ2) is 11.0. The molecule has 0 amide bonds. The molecule has 0 spiro atoms. The van der Waals surface area contributed by atoms with E-state index >= 15 is 0 Å². The van der Waals surface area contributed by atoms with E-state index in [-0.39, 0.29) is 6.61 Å². The van der Waals surface area contributed by atoms with Crippen molar-refractivity contribution < 1.29 is 29.0 Å². The number of carboxylic acid groups (broad SMARTS) is 1. The Morgan fingerprint density at radius 1 is 1.03 bits per heavy atom. The average molecular weight is 510 g/mol. The minimum absolute atomic E-state index is 0.0933. The summed E-state index contributed by atoms with van der Waals surface area (Å²) in [6.07, 6.45) is -0.170. The van der Waals surface area contributed by atoms with Gasteiger partial charge in [0.1, 0.15) is 12.4 Å². The first-order chi connectivity index (χ1) is 17.2. The van der Waals surface area contributed by atoms with Crippen LogP contribution in [0.1, 0.15) is 45.0 Å². The van der Waals surface area contributed by atoms with E-state index in [4.69, 9.17) is 31.0 Å². The van der Waals surface area contributed by atoms with Gasteiger partial charge >= 0.3 is 12.1 Å². The fourth-order valence-corrected chi connectivity index (χ4v) is 4.84. The molecule has 4 rings (SSSR count). The number of aliphatic carboxylic acids is 1. The molecule has 0 aromatic heterocycles. The van der Waals surface area contributed by atoms with Gasteiger partial charge in [0.05, 0.1) is 6.04 Å². The highest BCUT2D eigenvalue weighted by molar-refractivity contribution is 6.30. The maximum Gasteiger partial charge on any atom is 0.528 e. The highest BCUT2D eigenvalue weighted by atomic mass is 35.5. The van der Waals surface area contributed by atoms with Gasteiger partial charge in [-0.25, -0.2) is 9.59 Å². The van der Waals surface area contributed by atoms with Crippen LogP contribution < -0.4 is 4.74 Å². The summed E-state index contributed by atoms with van der Waals surface area (Å²) in [4.78, 5) is 29.7. The molecule has 0 aliphatic carbocycles. The molecule has 0 saturated heterocycles. The number of hydrogen-bond acceptors (Lipinski definition) is 6. The predicted octanol–water partition coefficient (Wildman–Crippen LogP) is 5.94. The lowest BCUT2D eigenvalue weighted by Gasteiger charge is -2.36. The van der Waals surface area contributed by atoms with Gasteiger partial charge in [0, 0.05) is 17.1 Å². The van der Waals surface area contributed by atoms with E-state index in [1.807, 2.05) is 57.2 Å². The van der Waals surface area contributed by atoms with Crippen molar-refractivity contribution in [1.82, 2.24) is 5.06 Å². The SMILES string of the molecule is Cc1cc(C)c(COC(=O)ON2CCc3ccccc3C2c2cc(Cl)ccc2OCC(=O)O)c(C)c1. The second-order valence-electron chi connectivity index (χ2n) is 8.86. The molecule has 1 aliphatic rings. The van der Waals surface area contributed by atoms with Gasteiger partial charge in [-0.3, -0.25) is 0 Å². The van der Waals surface area contributed by atoms with E-state index in [2.05, 4.69) is 0 Å². The Morgan fingerprint density at radius 3 is 2.47 bits per heavy atom. The molecular formula is C28H28ClNO6. The van der Waals surface area contributed by atoms with Crippen LogP contribution in [0.4, 0.5) is 4.79 Å². The molecule has 3 aromatic rings. The number of aryl methyl sites for hydroxylation is 3. The van der Waals surface area contributed by atoms with Crippen LogP contribution in [0, 0.1) is 20.8 Å². The van der Waals surface area contributed by atoms with Crippen molar-refractivity contribution in [2.45, 2.75) is 39.8 Å². The monoisotopic (exact) mass is 509 g/mol. The van der Waals surface area contributed by atoms with Gasteiger partial charge in [-0.05, 0) is 73.2 Å². The molecule has 1 atom stereocenters. The maximum atomic E-state index is 12.8. The quantitative estimate of drug-likeness (QED) is 0.394. The first kappa shape index (κ1) is 25.5. The largest absolute Gasteiger partial charge is 0.528 e. The van der Waals surface area contributed by atoms with E-state index in [0.717, 1.165) is 33.4 Å². The van der Waals surface area contributed by atoms with Crippen LogP contribution in [0.3, 0.4) is 0 Å². The van der Waals surface area contributed by atoms with E-state index < -0.39 is 24.8 Å². The molecule has 1 N–H and O–H groups in total. The number of rotatable bonds is 7. The number of halogens is 1. The summed E-state index contributed by atoms with van der Waals surface area (Å²) in [5.74, 6) is -0.755. The Kier molecular flexibility index (Phi) is 7.82. The van der Waals surface area contributed by atoms with Gasteiger partial charge in [-0.15, -0.1) is 5.06 Å². The number of carbonyl (C=O) groups is 2. The average Bonchev–Trinajstić information content (AvgIpc) is 2.82. The summed E-state index contributed by atoms with van der Waals surface area (Å²) in [5.41, 5.74) is 6.77. The first-order valence-electron chi connectivity index (χ1n) is 11.6. The van der Waals surface area contributed by atoms with Gasteiger partial charge < -0.3 is 19.4 Å². The molecule has 0 fully saturated rings. The third-order valence-corrected chi connectivity index (χ3v) is 6.46. The second-order valence-corrected chi connectivity index (χ2v) is 9.30. The van der Waals surface area contributed by atoms with Crippen molar-refractivity contribution in [2.24, 2.45) is 0 Å². The lowest BCUT2D eigenvalue weighted by atomic mass is 9.89. The van der Waals surface area contributed by atoms with Crippen molar-refractivity contribution in [3.05, 3.63) is 98.6 Å². The Balaban J connectivity index is 1.61. The number of hydrogen-bond donors (Lipinski definition) is 1. The molecule has 188 valence electrons. The molecule has 0 radical (unpaired) electrons. The standard InChI is InChI=1S/C28H28ClNO6/c1-17-12-18(2)24(19(3)13-17)15-35-28(33)36-30-11-10-20-6-4-5-7-22(20)27(30)23-14-21(29)8-9-25(23)34-16-26(31)32/h4-9,12-14,27H,10-11,15-16H2,1-3H3,(H,31,32). The summed E-state index contributed by atoms with van der Waals surface area (Å²) in [5, 5.41) is 11.1. The fourth-order valence-electron chi connectivity index (χ4n) is 4.66. The lowest BCUT2D eigenvalue weighted by Crippen LogP contribution is -2.38. The van der Waals surface area contributed by atoms with E-state index in [1.54, 1.807) is 23.3 Å². The van der Waals surface area contributed by atoms with Crippen LogP contribution in [0.25, 0.3) is 0 Å². The smallest absolute Gasteiger partial charge is 0.482 e. The van der Waals surface area contributed by atoms with Gasteiger partial charge in [0.25, 0.3) is 0 Å². The highest BCUT2D eigenvalue weighted by Crippen LogP contribution is 2.40. The molecular weight excluding hydrogens is 482 g/mol. The third-order valence-electron chi connectivity index (χ3n) is 6.22. The lowest BCUT2D eigenvalue weighted by molar-refractivity contribution is -0.152. The van der Waals surface area contributed by atoms with Crippen LogP contribution in [0.2, 0.25) is 5.02 Å². The Bertz CT molecular complexity index is 1270. The van der Waals surface area contributed by atoms with Crippen LogP contribution in [0.15, 0.2) is 54.6 Å². The molecule has 0 saturated carbocycles. The van der Waals surface area contributed by atoms with E-state index in [0.29, 0.717) is 29.3 Å². The zero-order chi connectivity index (χ0) is 25.8. The summed E-state index contributed by atoms with van der Waals surface area (Å²) in [6, 6.07) is 16.3. The summed E-state index contributed by atoms with van der Waals surface area (Å²) < 4.78 is 11.1. The first-order valence-corrected chi connectivity index (χ1v) is 12.0. The van der Waals surface area contributed by atoms with Gasteiger partial charge in [0.15, 0.2) is 6.61 Å². The molecule has 36 heavy (non-hydrogen) atoms. The number of benzene rings is 3. The van der Waals surface area contributed by atoms with Crippen LogP contribution in [-0.2, 0) is 27.4 Å². The van der Waals surface area contributed by atoms with Crippen molar-refractivity contribution in [3.63, 3.8) is 0 Å². The molecule has 8 heteroatoms. The number of carbonyl (C=O) groups excluding carboxylic acids is 1. The van der Waals surface area contributed by atoms with Gasteiger partial charge in [0.2, 0.25) is 0 Å². The summed E-state index contributed by atoms with van der Waals surface area (Å²) >= 11 is 6.31. The highest BCUT2D eigenvalue weighted by Gasteiger charge is 2.34. The molecule has 1 heterocycles. The molecule has 0 bridgehead atoms. The van der Waals surface area contributed by atoms with Gasteiger partial charge in [-0.1, -0.05) is 53.6 Å². The maximum absolute atomic E-state index is 12.8. The number of fused-ring (bicyclic) bond motifs is 1. The zero-order valence-electron chi connectivity index (χ0n) is 20.4. The minimum atomic E-state index is -1.10. The third kappa shape index (κ3) is 5.80. The summed E-state index contributed by atoms with van der Waals surface area (Å²) in [7, 11) is 0. The van der Waals surface area contributed by atoms with E-state index in [9.17, 15) is 9.59 Å². The molecule has 3 aromatic carbocycles. The van der Waals surface area contributed by atoms with Crippen molar-refractivity contribution in [2.75, 3.05) is 13.2 Å². The summed E-state index contributed by atoms with van der Waals surface area (Å²) in [6.45, 7) is 5.98. The van der Waals surface area contributed by atoms with Crippen molar-refractivity contribution in [3.8, 4) is 5.75 Å². The number of hydroxylamine groups is 2. The molecule has 1 unspecified atom stereocenters. The molecule has 1 aliphatic heterocycles.